The molecule has 0 radical (unpaired) electrons. The summed E-state index contributed by atoms with van der Waals surface area (Å²) in [6, 6.07) is 5.26. The molecular formula is C21H28N2O6. The summed E-state index contributed by atoms with van der Waals surface area (Å²) < 4.78 is 16.4. The quantitative estimate of drug-likeness (QED) is 0.710. The van der Waals surface area contributed by atoms with Crippen molar-refractivity contribution in [1.29, 1.82) is 0 Å². The van der Waals surface area contributed by atoms with Crippen molar-refractivity contribution in [1.82, 2.24) is 9.80 Å². The number of fused-ring (bicyclic) bond motifs is 2. The molecule has 3 heterocycles. The van der Waals surface area contributed by atoms with E-state index in [4.69, 9.17) is 14.2 Å². The van der Waals surface area contributed by atoms with Gasteiger partial charge >= 0.3 is 12.1 Å². The Bertz CT molecular complexity index is 820. The summed E-state index contributed by atoms with van der Waals surface area (Å²) in [6.45, 7) is 8.18. The molecule has 1 aromatic rings. The topological polar surface area (TPSA) is 88.5 Å². The second-order valence-electron chi connectivity index (χ2n) is 8.90. The van der Waals surface area contributed by atoms with E-state index in [9.17, 15) is 14.7 Å². The van der Waals surface area contributed by atoms with Gasteiger partial charge < -0.3 is 24.2 Å². The number of benzene rings is 1. The van der Waals surface area contributed by atoms with Crippen molar-refractivity contribution in [3.63, 3.8) is 0 Å². The van der Waals surface area contributed by atoms with Gasteiger partial charge in [-0.2, -0.15) is 0 Å². The third-order valence-electron chi connectivity index (χ3n) is 5.57. The average Bonchev–Trinajstić information content (AvgIpc) is 2.66. The largest absolute Gasteiger partial charge is 0.462 e. The molecular weight excluding hydrogens is 376 g/mol. The minimum absolute atomic E-state index is 0.00384. The van der Waals surface area contributed by atoms with Gasteiger partial charge in [-0.15, -0.1) is 0 Å². The van der Waals surface area contributed by atoms with Crippen LogP contribution in [0, 0.1) is 0 Å². The highest BCUT2D eigenvalue weighted by Gasteiger charge is 2.44. The normalized spacial score (nSPS) is 27.7. The molecule has 1 unspecified atom stereocenters. The van der Waals surface area contributed by atoms with Gasteiger partial charge in [0.05, 0.1) is 31.4 Å². The minimum Gasteiger partial charge on any atom is -0.462 e. The number of cyclic esters (lactones) is 1. The van der Waals surface area contributed by atoms with Crippen LogP contribution in [0.1, 0.15) is 42.3 Å². The lowest BCUT2D eigenvalue weighted by molar-refractivity contribution is -0.266. The molecule has 8 nitrogen and oxygen atoms in total. The molecule has 0 spiro atoms. The molecule has 1 N–H and O–H groups in total. The molecule has 0 saturated carbocycles. The number of aliphatic hydroxyl groups is 1. The highest BCUT2D eigenvalue weighted by molar-refractivity contribution is 5.92. The van der Waals surface area contributed by atoms with Gasteiger partial charge in [0.25, 0.3) is 0 Å². The van der Waals surface area contributed by atoms with Crippen molar-refractivity contribution in [3.8, 4) is 0 Å². The van der Waals surface area contributed by atoms with E-state index < -0.39 is 11.4 Å². The first-order chi connectivity index (χ1) is 13.6. The number of hydrogen-bond donors (Lipinski definition) is 1. The zero-order chi connectivity index (χ0) is 20.8. The first-order valence-corrected chi connectivity index (χ1v) is 10.0. The number of morpholine rings is 1. The van der Waals surface area contributed by atoms with Gasteiger partial charge in [-0.05, 0) is 38.5 Å². The Hall–Kier alpha value is -2.16. The SMILES string of the molecule is CC(C)(C)OC(=O)N1CCN2CC(O)(c3ccc4c(c3)CCOC4=O)OC[C@@H]2C1. The number of rotatable bonds is 1. The maximum absolute atomic E-state index is 12.4. The Morgan fingerprint density at radius 1 is 1.31 bits per heavy atom. The van der Waals surface area contributed by atoms with Gasteiger partial charge in [-0.1, -0.05) is 6.07 Å². The highest BCUT2D eigenvalue weighted by Crippen LogP contribution is 2.33. The molecule has 2 atom stereocenters. The Balaban J connectivity index is 1.44. The maximum Gasteiger partial charge on any atom is 0.410 e. The van der Waals surface area contributed by atoms with Crippen LogP contribution in [0.3, 0.4) is 0 Å². The fourth-order valence-electron chi connectivity index (χ4n) is 4.06. The zero-order valence-electron chi connectivity index (χ0n) is 17.1. The third-order valence-corrected chi connectivity index (χ3v) is 5.57. The average molecular weight is 404 g/mol. The lowest BCUT2D eigenvalue weighted by Gasteiger charge is -2.48. The number of carbonyl (C=O) groups is 2. The summed E-state index contributed by atoms with van der Waals surface area (Å²) in [5.41, 5.74) is 1.52. The summed E-state index contributed by atoms with van der Waals surface area (Å²) in [5, 5.41) is 11.2. The summed E-state index contributed by atoms with van der Waals surface area (Å²) in [7, 11) is 0. The van der Waals surface area contributed by atoms with E-state index >= 15 is 0 Å². The first kappa shape index (κ1) is 20.1. The van der Waals surface area contributed by atoms with Crippen LogP contribution < -0.4 is 0 Å². The van der Waals surface area contributed by atoms with Crippen LogP contribution in [-0.2, 0) is 26.4 Å². The second kappa shape index (κ2) is 7.27. The standard InChI is InChI=1S/C21H28N2O6/c1-20(2,3)29-19(25)22-7-8-23-13-21(26,28-12-16(23)11-22)15-4-5-17-14(10-15)6-9-27-18(17)24/h4-5,10,16,26H,6-9,11-13H2,1-3H3/t16-,21?/m0/s1. The van der Waals surface area contributed by atoms with E-state index in [1.807, 2.05) is 26.8 Å². The molecule has 4 rings (SSSR count). The van der Waals surface area contributed by atoms with Crippen LogP contribution in [-0.4, -0.2) is 78.0 Å². The Morgan fingerprint density at radius 2 is 2.10 bits per heavy atom. The smallest absolute Gasteiger partial charge is 0.410 e. The fourth-order valence-corrected chi connectivity index (χ4v) is 4.06. The Labute approximate surface area is 170 Å². The second-order valence-corrected chi connectivity index (χ2v) is 8.90. The van der Waals surface area contributed by atoms with E-state index in [2.05, 4.69) is 4.90 Å². The van der Waals surface area contributed by atoms with Crippen molar-refractivity contribution in [2.24, 2.45) is 0 Å². The zero-order valence-corrected chi connectivity index (χ0v) is 17.1. The Morgan fingerprint density at radius 3 is 2.86 bits per heavy atom. The molecule has 1 amide bonds. The van der Waals surface area contributed by atoms with Crippen molar-refractivity contribution < 1.29 is 28.9 Å². The van der Waals surface area contributed by atoms with Gasteiger partial charge in [-0.3, -0.25) is 4.90 Å². The van der Waals surface area contributed by atoms with Crippen molar-refractivity contribution in [3.05, 3.63) is 34.9 Å². The lowest BCUT2D eigenvalue weighted by Crippen LogP contribution is -2.63. The number of ether oxygens (including phenoxy) is 3. The molecule has 3 aliphatic rings. The predicted molar refractivity (Wildman–Crippen MR) is 103 cm³/mol. The van der Waals surface area contributed by atoms with E-state index in [1.165, 1.54) is 0 Å². The Kier molecular flexibility index (Phi) is 5.04. The minimum atomic E-state index is -1.44. The van der Waals surface area contributed by atoms with Gasteiger partial charge in [-0.25, -0.2) is 9.59 Å². The van der Waals surface area contributed by atoms with Crippen LogP contribution >= 0.6 is 0 Å². The molecule has 0 bridgehead atoms. The number of piperazine rings is 1. The van der Waals surface area contributed by atoms with Crippen molar-refractivity contribution >= 4 is 12.1 Å². The number of nitrogens with zero attached hydrogens (tertiary/aromatic N) is 2. The van der Waals surface area contributed by atoms with Crippen molar-refractivity contribution in [2.45, 2.75) is 44.6 Å². The summed E-state index contributed by atoms with van der Waals surface area (Å²) in [5.74, 6) is -1.77. The molecule has 0 aromatic heterocycles. The first-order valence-electron chi connectivity index (χ1n) is 10.0. The molecule has 0 aliphatic carbocycles. The number of hydrogen-bond acceptors (Lipinski definition) is 7. The molecule has 3 aliphatic heterocycles. The van der Waals surface area contributed by atoms with Gasteiger partial charge in [0.1, 0.15) is 5.60 Å². The van der Waals surface area contributed by atoms with Crippen molar-refractivity contribution in [2.75, 3.05) is 39.4 Å². The monoisotopic (exact) mass is 404 g/mol. The summed E-state index contributed by atoms with van der Waals surface area (Å²) in [4.78, 5) is 28.1. The third kappa shape index (κ3) is 4.10. The molecule has 2 saturated heterocycles. The molecule has 1 aromatic carbocycles. The molecule has 29 heavy (non-hydrogen) atoms. The number of amides is 1. The van der Waals surface area contributed by atoms with Crippen LogP contribution in [0.15, 0.2) is 18.2 Å². The lowest BCUT2D eigenvalue weighted by atomic mass is 9.94. The van der Waals surface area contributed by atoms with Crippen LogP contribution in [0.5, 0.6) is 0 Å². The van der Waals surface area contributed by atoms with E-state index in [1.54, 1.807) is 17.0 Å². The molecule has 158 valence electrons. The molecule has 2 fully saturated rings. The summed E-state index contributed by atoms with van der Waals surface area (Å²) in [6.07, 6.45) is 0.307. The van der Waals surface area contributed by atoms with E-state index in [0.717, 1.165) is 5.56 Å². The van der Waals surface area contributed by atoms with E-state index in [0.29, 0.717) is 56.9 Å². The summed E-state index contributed by atoms with van der Waals surface area (Å²) >= 11 is 0. The predicted octanol–water partition coefficient (Wildman–Crippen LogP) is 1.50. The maximum atomic E-state index is 12.4. The van der Waals surface area contributed by atoms with Crippen LogP contribution in [0.2, 0.25) is 0 Å². The fraction of sp³-hybridized carbons (Fsp3) is 0.619. The molecule has 8 heteroatoms. The highest BCUT2D eigenvalue weighted by atomic mass is 16.6. The van der Waals surface area contributed by atoms with Gasteiger partial charge in [0.15, 0.2) is 0 Å². The van der Waals surface area contributed by atoms with Gasteiger partial charge in [0.2, 0.25) is 5.79 Å². The van der Waals surface area contributed by atoms with Crippen LogP contribution in [0.25, 0.3) is 0 Å². The number of esters is 1. The van der Waals surface area contributed by atoms with Gasteiger partial charge in [0, 0.05) is 31.6 Å². The number of carbonyl (C=O) groups excluding carboxylic acids is 2. The van der Waals surface area contributed by atoms with E-state index in [-0.39, 0.29) is 18.1 Å². The van der Waals surface area contributed by atoms with Crippen LogP contribution in [0.4, 0.5) is 4.79 Å².